The van der Waals surface area contributed by atoms with Crippen LogP contribution in [0.15, 0.2) is 12.1 Å². The van der Waals surface area contributed by atoms with Gasteiger partial charge in [0.05, 0.1) is 6.61 Å². The number of aliphatic hydroxyl groups is 2. The Balaban J connectivity index is 3.19. The summed E-state index contributed by atoms with van der Waals surface area (Å²) in [5.41, 5.74) is 6.13. The molecule has 0 aliphatic carbocycles. The first-order chi connectivity index (χ1) is 6.97. The number of hydrogen-bond acceptors (Lipinski definition) is 5. The van der Waals surface area contributed by atoms with Crippen LogP contribution in [0.3, 0.4) is 0 Å². The third kappa shape index (κ3) is 2.26. The highest BCUT2D eigenvalue weighted by Gasteiger charge is 2.19. The Morgan fingerprint density at radius 2 is 2.13 bits per heavy atom. The summed E-state index contributed by atoms with van der Waals surface area (Å²) in [6, 6.07) is 2.67. The molecule has 0 bridgehead atoms. The molecule has 0 saturated heterocycles. The molecule has 0 aliphatic heterocycles. The number of hydrogen-bond donors (Lipinski definition) is 4. The minimum Gasteiger partial charge on any atom is -0.508 e. The van der Waals surface area contributed by atoms with Crippen molar-refractivity contribution in [2.75, 3.05) is 12.3 Å². The molecule has 0 heterocycles. The largest absolute Gasteiger partial charge is 0.508 e. The van der Waals surface area contributed by atoms with E-state index in [1.807, 2.05) is 0 Å². The molecular weight excluding hydrogens is 198 g/mol. The number of phenols is 1. The van der Waals surface area contributed by atoms with Gasteiger partial charge in [0.15, 0.2) is 5.78 Å². The van der Waals surface area contributed by atoms with Gasteiger partial charge in [-0.15, -0.1) is 0 Å². The van der Waals surface area contributed by atoms with Crippen molar-refractivity contribution in [1.82, 2.24) is 0 Å². The van der Waals surface area contributed by atoms with E-state index in [0.717, 1.165) is 0 Å². The van der Waals surface area contributed by atoms with E-state index in [0.29, 0.717) is 5.56 Å². The molecule has 0 spiro atoms. The zero-order chi connectivity index (χ0) is 11.6. The van der Waals surface area contributed by atoms with Crippen molar-refractivity contribution in [2.24, 2.45) is 0 Å². The van der Waals surface area contributed by atoms with E-state index < -0.39 is 18.5 Å². The Morgan fingerprint density at radius 1 is 1.53 bits per heavy atom. The van der Waals surface area contributed by atoms with Crippen molar-refractivity contribution < 1.29 is 20.1 Å². The van der Waals surface area contributed by atoms with Crippen molar-refractivity contribution in [3.8, 4) is 5.75 Å². The SMILES string of the molecule is Cc1c(O)cc(N)cc1C(=O)C(O)CO. The molecule has 0 amide bonds. The minimum absolute atomic E-state index is 0.108. The molecule has 82 valence electrons. The van der Waals surface area contributed by atoms with Gasteiger partial charge in [0, 0.05) is 22.9 Å². The average molecular weight is 211 g/mol. The van der Waals surface area contributed by atoms with Gasteiger partial charge in [-0.1, -0.05) is 0 Å². The molecule has 1 atom stereocenters. The van der Waals surface area contributed by atoms with Crippen LogP contribution < -0.4 is 5.73 Å². The fourth-order valence-electron chi connectivity index (χ4n) is 1.24. The molecule has 1 aromatic carbocycles. The summed E-state index contributed by atoms with van der Waals surface area (Å²) in [5.74, 6) is -0.763. The molecule has 5 nitrogen and oxygen atoms in total. The molecule has 0 saturated carbocycles. The summed E-state index contributed by atoms with van der Waals surface area (Å²) < 4.78 is 0. The van der Waals surface area contributed by atoms with Crippen LogP contribution in [0, 0.1) is 6.92 Å². The first-order valence-corrected chi connectivity index (χ1v) is 4.39. The molecule has 0 aliphatic rings. The van der Waals surface area contributed by atoms with Crippen molar-refractivity contribution in [2.45, 2.75) is 13.0 Å². The van der Waals surface area contributed by atoms with Gasteiger partial charge in [-0.3, -0.25) is 4.79 Å². The first-order valence-electron chi connectivity index (χ1n) is 4.39. The van der Waals surface area contributed by atoms with Crippen LogP contribution in [0.5, 0.6) is 5.75 Å². The van der Waals surface area contributed by atoms with E-state index in [4.69, 9.17) is 15.9 Å². The highest BCUT2D eigenvalue weighted by atomic mass is 16.3. The lowest BCUT2D eigenvalue weighted by atomic mass is 10.00. The average Bonchev–Trinajstić information content (AvgIpc) is 2.21. The Labute approximate surface area is 86.8 Å². The Morgan fingerprint density at radius 3 is 2.67 bits per heavy atom. The summed E-state index contributed by atoms with van der Waals surface area (Å²) in [4.78, 5) is 11.5. The lowest BCUT2D eigenvalue weighted by Gasteiger charge is -2.11. The van der Waals surface area contributed by atoms with E-state index in [1.54, 1.807) is 0 Å². The number of benzene rings is 1. The van der Waals surface area contributed by atoms with Crippen LogP contribution in [0.1, 0.15) is 15.9 Å². The topological polar surface area (TPSA) is 104 Å². The van der Waals surface area contributed by atoms with Crippen LogP contribution in [0.25, 0.3) is 0 Å². The van der Waals surface area contributed by atoms with Crippen molar-refractivity contribution in [3.63, 3.8) is 0 Å². The number of anilines is 1. The number of aliphatic hydroxyl groups excluding tert-OH is 2. The second kappa shape index (κ2) is 4.29. The third-order valence-corrected chi connectivity index (χ3v) is 2.14. The summed E-state index contributed by atoms with van der Waals surface area (Å²) >= 11 is 0. The predicted octanol–water partition coefficient (Wildman–Crippen LogP) is -0.181. The van der Waals surface area contributed by atoms with Gasteiger partial charge < -0.3 is 21.1 Å². The molecule has 0 fully saturated rings. The number of carbonyl (C=O) groups is 1. The number of carbonyl (C=O) groups excluding carboxylic acids is 1. The second-order valence-corrected chi connectivity index (χ2v) is 3.28. The lowest BCUT2D eigenvalue weighted by molar-refractivity contribution is 0.0586. The van der Waals surface area contributed by atoms with Gasteiger partial charge in [-0.25, -0.2) is 0 Å². The number of Topliss-reactive ketones (excluding diaryl/α,β-unsaturated/α-hetero) is 1. The van der Waals surface area contributed by atoms with Gasteiger partial charge in [0.25, 0.3) is 0 Å². The molecule has 1 rings (SSSR count). The van der Waals surface area contributed by atoms with Crippen LogP contribution in [0.4, 0.5) is 5.69 Å². The second-order valence-electron chi connectivity index (χ2n) is 3.28. The van der Waals surface area contributed by atoms with Crippen molar-refractivity contribution in [3.05, 3.63) is 23.3 Å². The van der Waals surface area contributed by atoms with Gasteiger partial charge in [0.2, 0.25) is 0 Å². The maximum Gasteiger partial charge on any atom is 0.194 e. The van der Waals surface area contributed by atoms with Gasteiger partial charge in [0.1, 0.15) is 11.9 Å². The number of nitrogen functional groups attached to an aromatic ring is 1. The normalized spacial score (nSPS) is 12.5. The summed E-state index contributed by atoms with van der Waals surface area (Å²) in [7, 11) is 0. The van der Waals surface area contributed by atoms with Crippen LogP contribution in [-0.2, 0) is 0 Å². The standard InChI is InChI=1S/C10H13NO4/c1-5-7(10(15)9(14)4-12)2-6(11)3-8(5)13/h2-3,9,12-14H,4,11H2,1H3. The van der Waals surface area contributed by atoms with E-state index >= 15 is 0 Å². The van der Waals surface area contributed by atoms with Crippen LogP contribution >= 0.6 is 0 Å². The van der Waals surface area contributed by atoms with Gasteiger partial charge in [-0.05, 0) is 13.0 Å². The number of ketones is 1. The molecule has 5 heteroatoms. The zero-order valence-electron chi connectivity index (χ0n) is 8.27. The number of rotatable bonds is 3. The number of nitrogens with two attached hydrogens (primary N) is 1. The molecule has 5 N–H and O–H groups in total. The molecule has 1 unspecified atom stereocenters. The monoisotopic (exact) mass is 211 g/mol. The van der Waals surface area contributed by atoms with Crippen molar-refractivity contribution in [1.29, 1.82) is 0 Å². The maximum atomic E-state index is 11.5. The number of aromatic hydroxyl groups is 1. The highest BCUT2D eigenvalue weighted by molar-refractivity contribution is 6.01. The minimum atomic E-state index is -1.48. The Kier molecular flexibility index (Phi) is 3.28. The first kappa shape index (κ1) is 11.5. The Bertz CT molecular complexity index is 389. The number of phenolic OH excluding ortho intramolecular Hbond substituents is 1. The lowest BCUT2D eigenvalue weighted by Crippen LogP contribution is -2.25. The third-order valence-electron chi connectivity index (χ3n) is 2.14. The van der Waals surface area contributed by atoms with E-state index in [1.165, 1.54) is 19.1 Å². The molecular formula is C10H13NO4. The van der Waals surface area contributed by atoms with Crippen LogP contribution in [-0.4, -0.2) is 33.8 Å². The zero-order valence-corrected chi connectivity index (χ0v) is 8.27. The molecule has 15 heavy (non-hydrogen) atoms. The molecule has 0 radical (unpaired) electrons. The quantitative estimate of drug-likeness (QED) is 0.410. The summed E-state index contributed by atoms with van der Waals surface area (Å²) in [6.07, 6.45) is -1.48. The van der Waals surface area contributed by atoms with Gasteiger partial charge >= 0.3 is 0 Å². The Hall–Kier alpha value is -1.59. The fraction of sp³-hybridized carbons (Fsp3) is 0.300. The maximum absolute atomic E-state index is 11.5. The summed E-state index contributed by atoms with van der Waals surface area (Å²) in [5, 5.41) is 27.2. The van der Waals surface area contributed by atoms with Gasteiger partial charge in [-0.2, -0.15) is 0 Å². The molecule has 0 aromatic heterocycles. The summed E-state index contributed by atoms with van der Waals surface area (Å²) in [6.45, 7) is 0.875. The molecule has 1 aromatic rings. The van der Waals surface area contributed by atoms with E-state index in [2.05, 4.69) is 0 Å². The highest BCUT2D eigenvalue weighted by Crippen LogP contribution is 2.24. The smallest absolute Gasteiger partial charge is 0.194 e. The fourth-order valence-corrected chi connectivity index (χ4v) is 1.24. The van der Waals surface area contributed by atoms with E-state index in [-0.39, 0.29) is 17.0 Å². The van der Waals surface area contributed by atoms with Crippen molar-refractivity contribution >= 4 is 11.5 Å². The van der Waals surface area contributed by atoms with Crippen LogP contribution in [0.2, 0.25) is 0 Å². The predicted molar refractivity (Wildman–Crippen MR) is 54.7 cm³/mol. The van der Waals surface area contributed by atoms with E-state index in [9.17, 15) is 9.90 Å².